The number of esters is 1. The molecule has 31 heavy (non-hydrogen) atoms. The van der Waals surface area contributed by atoms with Gasteiger partial charge >= 0.3 is 5.97 Å². The number of nitrogens with one attached hydrogen (secondary N) is 2. The van der Waals surface area contributed by atoms with Crippen LogP contribution in [-0.4, -0.2) is 48.0 Å². The van der Waals surface area contributed by atoms with E-state index < -0.39 is 18.0 Å². The van der Waals surface area contributed by atoms with Gasteiger partial charge in [0.25, 0.3) is 0 Å². The van der Waals surface area contributed by atoms with Gasteiger partial charge < -0.3 is 15.4 Å². The van der Waals surface area contributed by atoms with E-state index in [2.05, 4.69) is 25.8 Å². The summed E-state index contributed by atoms with van der Waals surface area (Å²) in [4.78, 5) is 15.8. The first kappa shape index (κ1) is 22.1. The SMILES string of the molecule is CNc1ccc(-c2ccc(NCC[C@H](F)Cc3ncccc3F)nn2)cc1C(=O)OC. The largest absolute Gasteiger partial charge is 0.465 e. The number of rotatable bonds is 9. The molecule has 0 unspecified atom stereocenters. The van der Waals surface area contributed by atoms with Crippen LogP contribution in [0.15, 0.2) is 48.7 Å². The fourth-order valence-electron chi connectivity index (χ4n) is 3.02. The summed E-state index contributed by atoms with van der Waals surface area (Å²) in [5.74, 6) is -0.471. The van der Waals surface area contributed by atoms with E-state index in [1.807, 2.05) is 6.07 Å². The molecule has 0 fully saturated rings. The van der Waals surface area contributed by atoms with E-state index in [0.717, 1.165) is 0 Å². The molecule has 1 atom stereocenters. The molecule has 0 bridgehead atoms. The maximum atomic E-state index is 14.1. The molecule has 0 aliphatic carbocycles. The highest BCUT2D eigenvalue weighted by Crippen LogP contribution is 2.24. The van der Waals surface area contributed by atoms with E-state index in [4.69, 9.17) is 4.74 Å². The quantitative estimate of drug-likeness (QED) is 0.501. The van der Waals surface area contributed by atoms with E-state index in [0.29, 0.717) is 34.9 Å². The predicted octanol–water partition coefficient (Wildman–Crippen LogP) is 3.89. The molecule has 0 saturated heterocycles. The highest BCUT2D eigenvalue weighted by molar-refractivity contribution is 5.97. The van der Waals surface area contributed by atoms with Gasteiger partial charge in [-0.2, -0.15) is 0 Å². The molecule has 3 aromatic rings. The summed E-state index contributed by atoms with van der Waals surface area (Å²) in [6.45, 7) is 0.313. The lowest BCUT2D eigenvalue weighted by Gasteiger charge is -2.11. The van der Waals surface area contributed by atoms with Crippen LogP contribution in [0.2, 0.25) is 0 Å². The highest BCUT2D eigenvalue weighted by atomic mass is 19.1. The van der Waals surface area contributed by atoms with Crippen molar-refractivity contribution in [2.24, 2.45) is 0 Å². The average molecular weight is 427 g/mol. The Bertz CT molecular complexity index is 1030. The van der Waals surface area contributed by atoms with E-state index in [1.54, 1.807) is 31.3 Å². The third-order valence-electron chi connectivity index (χ3n) is 4.67. The van der Waals surface area contributed by atoms with Crippen molar-refractivity contribution in [3.8, 4) is 11.3 Å². The number of carbonyl (C=O) groups is 1. The number of ether oxygens (including phenoxy) is 1. The Labute approximate surface area is 178 Å². The Balaban J connectivity index is 1.58. The first-order chi connectivity index (χ1) is 15.0. The van der Waals surface area contributed by atoms with Gasteiger partial charge in [0.15, 0.2) is 0 Å². The van der Waals surface area contributed by atoms with E-state index >= 15 is 0 Å². The van der Waals surface area contributed by atoms with Crippen LogP contribution in [0.5, 0.6) is 0 Å². The van der Waals surface area contributed by atoms with Gasteiger partial charge in [-0.05, 0) is 42.8 Å². The van der Waals surface area contributed by atoms with Crippen molar-refractivity contribution in [3.05, 3.63) is 65.7 Å². The molecule has 0 radical (unpaired) electrons. The number of halogens is 2. The smallest absolute Gasteiger partial charge is 0.339 e. The summed E-state index contributed by atoms with van der Waals surface area (Å²) in [5, 5.41) is 14.2. The standard InChI is InChI=1S/C22H23F2N5O2/c1-25-19-6-5-14(12-16(19)22(30)31-2)18-7-8-21(29-28-18)27-11-9-15(23)13-20-17(24)4-3-10-26-20/h3-8,10,12,15,25H,9,11,13H2,1-2H3,(H,27,29)/t15-/m0/s1. The molecule has 0 spiro atoms. The lowest BCUT2D eigenvalue weighted by Crippen LogP contribution is -2.14. The summed E-state index contributed by atoms with van der Waals surface area (Å²) in [7, 11) is 3.04. The summed E-state index contributed by atoms with van der Waals surface area (Å²) in [5.41, 5.74) is 2.44. The Morgan fingerprint density at radius 1 is 1.19 bits per heavy atom. The van der Waals surface area contributed by atoms with Gasteiger partial charge in [0.05, 0.1) is 24.1 Å². The molecule has 0 aliphatic heterocycles. The zero-order chi connectivity index (χ0) is 22.2. The van der Waals surface area contributed by atoms with Crippen molar-refractivity contribution in [2.75, 3.05) is 31.3 Å². The van der Waals surface area contributed by atoms with Crippen molar-refractivity contribution in [1.29, 1.82) is 0 Å². The van der Waals surface area contributed by atoms with E-state index in [-0.39, 0.29) is 18.5 Å². The third-order valence-corrected chi connectivity index (χ3v) is 4.67. The number of hydrogen-bond acceptors (Lipinski definition) is 7. The number of hydrogen-bond donors (Lipinski definition) is 2. The fraction of sp³-hybridized carbons (Fsp3) is 0.273. The topological polar surface area (TPSA) is 89.0 Å². The van der Waals surface area contributed by atoms with Crippen LogP contribution in [-0.2, 0) is 11.2 Å². The van der Waals surface area contributed by atoms with Gasteiger partial charge in [-0.3, -0.25) is 4.98 Å². The number of methoxy groups -OCH3 is 1. The predicted molar refractivity (Wildman–Crippen MR) is 114 cm³/mol. The van der Waals surface area contributed by atoms with Crippen LogP contribution in [0, 0.1) is 5.82 Å². The molecule has 7 nitrogen and oxygen atoms in total. The molecule has 1 aromatic carbocycles. The van der Waals surface area contributed by atoms with E-state index in [1.165, 1.54) is 25.4 Å². The zero-order valence-corrected chi connectivity index (χ0v) is 17.2. The van der Waals surface area contributed by atoms with Crippen molar-refractivity contribution in [1.82, 2.24) is 15.2 Å². The number of pyridine rings is 1. The van der Waals surface area contributed by atoms with Gasteiger partial charge in [-0.15, -0.1) is 10.2 Å². The van der Waals surface area contributed by atoms with Gasteiger partial charge in [-0.25, -0.2) is 13.6 Å². The first-order valence-corrected chi connectivity index (χ1v) is 9.73. The molecule has 2 aromatic heterocycles. The summed E-state index contributed by atoms with van der Waals surface area (Å²) < 4.78 is 32.5. The zero-order valence-electron chi connectivity index (χ0n) is 17.2. The third kappa shape index (κ3) is 5.71. The minimum atomic E-state index is -1.23. The Morgan fingerprint density at radius 3 is 2.71 bits per heavy atom. The maximum absolute atomic E-state index is 14.1. The van der Waals surface area contributed by atoms with Crippen LogP contribution in [0.1, 0.15) is 22.5 Å². The molecular weight excluding hydrogens is 404 g/mol. The molecular formula is C22H23F2N5O2. The lowest BCUT2D eigenvalue weighted by atomic mass is 10.1. The van der Waals surface area contributed by atoms with Crippen molar-refractivity contribution >= 4 is 17.5 Å². The molecule has 162 valence electrons. The normalized spacial score (nSPS) is 11.6. The molecule has 0 aliphatic rings. The molecule has 0 amide bonds. The number of aromatic nitrogens is 3. The number of carbonyl (C=O) groups excluding carboxylic acids is 1. The van der Waals surface area contributed by atoms with Crippen molar-refractivity contribution < 1.29 is 18.3 Å². The second-order valence-electron chi connectivity index (χ2n) is 6.75. The Kier molecular flexibility index (Phi) is 7.42. The molecule has 0 saturated carbocycles. The number of nitrogens with zero attached hydrogens (tertiary/aromatic N) is 3. The molecule has 2 heterocycles. The maximum Gasteiger partial charge on any atom is 0.339 e. The van der Waals surface area contributed by atoms with Crippen LogP contribution in [0.25, 0.3) is 11.3 Å². The van der Waals surface area contributed by atoms with Gasteiger partial charge in [0, 0.05) is 37.5 Å². The summed E-state index contributed by atoms with van der Waals surface area (Å²) in [6, 6.07) is 11.5. The van der Waals surface area contributed by atoms with Gasteiger partial charge in [-0.1, -0.05) is 6.07 Å². The van der Waals surface area contributed by atoms with Gasteiger partial charge in [0.2, 0.25) is 0 Å². The molecule has 3 rings (SSSR count). The minimum absolute atomic E-state index is 0.0793. The van der Waals surface area contributed by atoms with Crippen molar-refractivity contribution in [3.63, 3.8) is 0 Å². The summed E-state index contributed by atoms with van der Waals surface area (Å²) in [6.07, 6.45) is 0.310. The van der Waals surface area contributed by atoms with Crippen LogP contribution < -0.4 is 10.6 Å². The first-order valence-electron chi connectivity index (χ1n) is 9.73. The Hall–Kier alpha value is -3.62. The van der Waals surface area contributed by atoms with Crippen molar-refractivity contribution in [2.45, 2.75) is 19.0 Å². The highest BCUT2D eigenvalue weighted by Gasteiger charge is 2.14. The fourth-order valence-corrected chi connectivity index (χ4v) is 3.02. The number of anilines is 2. The molecule has 9 heteroatoms. The number of benzene rings is 1. The van der Waals surface area contributed by atoms with E-state index in [9.17, 15) is 13.6 Å². The molecule has 2 N–H and O–H groups in total. The minimum Gasteiger partial charge on any atom is -0.465 e. The second kappa shape index (κ2) is 10.4. The number of alkyl halides is 1. The lowest BCUT2D eigenvalue weighted by molar-refractivity contribution is 0.0602. The second-order valence-corrected chi connectivity index (χ2v) is 6.75. The van der Waals surface area contributed by atoms with Gasteiger partial charge in [0.1, 0.15) is 17.8 Å². The van der Waals surface area contributed by atoms with Crippen LogP contribution >= 0.6 is 0 Å². The van der Waals surface area contributed by atoms with Crippen LogP contribution in [0.3, 0.4) is 0 Å². The average Bonchev–Trinajstić information content (AvgIpc) is 2.80. The Morgan fingerprint density at radius 2 is 2.03 bits per heavy atom. The summed E-state index contributed by atoms with van der Waals surface area (Å²) >= 11 is 0. The monoisotopic (exact) mass is 427 g/mol. The van der Waals surface area contributed by atoms with Crippen LogP contribution in [0.4, 0.5) is 20.3 Å².